The maximum atomic E-state index is 11.9. The van der Waals surface area contributed by atoms with Crippen LogP contribution >= 0.6 is 0 Å². The monoisotopic (exact) mass is 257 g/mol. The van der Waals surface area contributed by atoms with Gasteiger partial charge in [0.1, 0.15) is 0 Å². The number of likely N-dealkylation sites (N-methyl/N-ethyl adjacent to an activating group) is 1. The number of carbonyl (C=O) groups is 2. The first-order valence-electron chi connectivity index (χ1n) is 6.41. The topological polar surface area (TPSA) is 64.1 Å². The van der Waals surface area contributed by atoms with Gasteiger partial charge in [-0.15, -0.1) is 0 Å². The van der Waals surface area contributed by atoms with Gasteiger partial charge in [-0.1, -0.05) is 0 Å². The largest absolute Gasteiger partial charge is 0.481 e. The average Bonchev–Trinajstić information content (AvgIpc) is 2.85. The molecule has 18 heavy (non-hydrogen) atoms. The summed E-state index contributed by atoms with van der Waals surface area (Å²) in [6.45, 7) is 4.08. The van der Waals surface area contributed by atoms with Gasteiger partial charge in [0, 0.05) is 33.7 Å². The van der Waals surface area contributed by atoms with Crippen LogP contribution in [0.5, 0.6) is 0 Å². The number of carboxylic acid groups (broad SMARTS) is 1. The number of rotatable bonds is 6. The molecule has 104 valence electrons. The lowest BCUT2D eigenvalue weighted by atomic mass is 10.4. The molecule has 1 aliphatic rings. The lowest BCUT2D eigenvalue weighted by Gasteiger charge is -2.26. The average molecular weight is 257 g/mol. The molecule has 0 bridgehead atoms. The van der Waals surface area contributed by atoms with Gasteiger partial charge < -0.3 is 19.8 Å². The third-order valence-corrected chi connectivity index (χ3v) is 3.26. The molecule has 0 atom stereocenters. The molecule has 0 aromatic heterocycles. The number of likely N-dealkylation sites (tertiary alicyclic amines) is 1. The molecular weight excluding hydrogens is 234 g/mol. The van der Waals surface area contributed by atoms with Crippen molar-refractivity contribution in [2.24, 2.45) is 0 Å². The van der Waals surface area contributed by atoms with E-state index in [1.54, 1.807) is 19.0 Å². The van der Waals surface area contributed by atoms with Gasteiger partial charge >= 0.3 is 12.0 Å². The van der Waals surface area contributed by atoms with Crippen LogP contribution in [0.4, 0.5) is 4.79 Å². The lowest BCUT2D eigenvalue weighted by molar-refractivity contribution is -0.137. The molecule has 0 spiro atoms. The molecule has 1 N–H and O–H groups in total. The molecule has 0 aromatic carbocycles. The van der Waals surface area contributed by atoms with Crippen LogP contribution in [0.2, 0.25) is 0 Å². The Bertz CT molecular complexity index is 290. The minimum absolute atomic E-state index is 0.0117. The van der Waals surface area contributed by atoms with Gasteiger partial charge in [0.2, 0.25) is 0 Å². The number of amides is 2. The third-order valence-electron chi connectivity index (χ3n) is 3.26. The van der Waals surface area contributed by atoms with E-state index in [0.29, 0.717) is 6.54 Å². The molecule has 0 aromatic rings. The standard InChI is InChI=1S/C12H23N3O3/c1-13(8-5-11(16)17)12(18)14(2)9-10-15-6-3-4-7-15/h3-10H2,1-2H3,(H,16,17). The van der Waals surface area contributed by atoms with Crippen LogP contribution < -0.4 is 0 Å². The maximum Gasteiger partial charge on any atom is 0.319 e. The second-order valence-electron chi connectivity index (χ2n) is 4.82. The summed E-state index contributed by atoms with van der Waals surface area (Å²) in [7, 11) is 3.40. The SMILES string of the molecule is CN(CCC(=O)O)C(=O)N(C)CCN1CCCC1. The predicted octanol–water partition coefficient (Wildman–Crippen LogP) is 0.541. The van der Waals surface area contributed by atoms with Crippen LogP contribution in [0.1, 0.15) is 19.3 Å². The first-order chi connectivity index (χ1) is 8.50. The Hall–Kier alpha value is -1.30. The van der Waals surface area contributed by atoms with E-state index in [2.05, 4.69) is 4.90 Å². The van der Waals surface area contributed by atoms with Crippen molar-refractivity contribution in [3.8, 4) is 0 Å². The van der Waals surface area contributed by atoms with Crippen molar-refractivity contribution in [3.63, 3.8) is 0 Å². The van der Waals surface area contributed by atoms with E-state index in [-0.39, 0.29) is 19.0 Å². The Morgan fingerprint density at radius 1 is 1.11 bits per heavy atom. The van der Waals surface area contributed by atoms with Crippen LogP contribution in [-0.4, -0.2) is 78.6 Å². The zero-order valence-electron chi connectivity index (χ0n) is 11.3. The smallest absolute Gasteiger partial charge is 0.319 e. The number of aliphatic carboxylic acids is 1. The van der Waals surface area contributed by atoms with E-state index in [4.69, 9.17) is 5.11 Å². The lowest BCUT2D eigenvalue weighted by Crippen LogP contribution is -2.42. The molecule has 6 nitrogen and oxygen atoms in total. The van der Waals surface area contributed by atoms with Crippen LogP contribution in [0.15, 0.2) is 0 Å². The van der Waals surface area contributed by atoms with E-state index in [1.165, 1.54) is 17.7 Å². The van der Waals surface area contributed by atoms with Gasteiger partial charge in [-0.3, -0.25) is 4.79 Å². The molecule has 1 rings (SSSR count). The van der Waals surface area contributed by atoms with Gasteiger partial charge in [0.25, 0.3) is 0 Å². The highest BCUT2D eigenvalue weighted by Gasteiger charge is 2.17. The fourth-order valence-corrected chi connectivity index (χ4v) is 2.04. The summed E-state index contributed by atoms with van der Waals surface area (Å²) in [5.74, 6) is -0.880. The summed E-state index contributed by atoms with van der Waals surface area (Å²) in [4.78, 5) is 27.8. The third kappa shape index (κ3) is 4.91. The second-order valence-corrected chi connectivity index (χ2v) is 4.82. The summed E-state index contributed by atoms with van der Waals surface area (Å²) < 4.78 is 0. The number of carboxylic acids is 1. The molecule has 1 fully saturated rings. The molecule has 0 aliphatic carbocycles. The molecule has 0 saturated carbocycles. The van der Waals surface area contributed by atoms with Crippen LogP contribution in [-0.2, 0) is 4.79 Å². The van der Waals surface area contributed by atoms with E-state index in [1.807, 2.05) is 0 Å². The zero-order chi connectivity index (χ0) is 13.5. The Kier molecular flexibility index (Phi) is 5.91. The summed E-state index contributed by atoms with van der Waals surface area (Å²) in [6, 6.07) is -0.115. The van der Waals surface area contributed by atoms with Gasteiger partial charge in [-0.25, -0.2) is 4.79 Å². The maximum absolute atomic E-state index is 11.9. The fraction of sp³-hybridized carbons (Fsp3) is 0.833. The summed E-state index contributed by atoms with van der Waals surface area (Å²) in [5, 5.41) is 8.57. The molecule has 0 radical (unpaired) electrons. The Balaban J connectivity index is 2.24. The van der Waals surface area contributed by atoms with Gasteiger partial charge in [-0.05, 0) is 25.9 Å². The predicted molar refractivity (Wildman–Crippen MR) is 68.6 cm³/mol. The van der Waals surface area contributed by atoms with E-state index in [0.717, 1.165) is 19.6 Å². The Morgan fingerprint density at radius 3 is 2.22 bits per heavy atom. The quantitative estimate of drug-likeness (QED) is 0.754. The van der Waals surface area contributed by atoms with Crippen molar-refractivity contribution in [2.75, 3.05) is 46.8 Å². The second kappa shape index (κ2) is 7.20. The number of carbonyl (C=O) groups excluding carboxylic acids is 1. The molecule has 0 unspecified atom stereocenters. The molecular formula is C12H23N3O3. The minimum atomic E-state index is -0.880. The van der Waals surface area contributed by atoms with E-state index < -0.39 is 5.97 Å². The Morgan fingerprint density at radius 2 is 1.67 bits per heavy atom. The normalized spacial score (nSPS) is 15.7. The highest BCUT2D eigenvalue weighted by molar-refractivity contribution is 5.74. The highest BCUT2D eigenvalue weighted by atomic mass is 16.4. The minimum Gasteiger partial charge on any atom is -0.481 e. The van der Waals surface area contributed by atoms with E-state index in [9.17, 15) is 9.59 Å². The van der Waals surface area contributed by atoms with Gasteiger partial charge in [-0.2, -0.15) is 0 Å². The van der Waals surface area contributed by atoms with Crippen molar-refractivity contribution in [1.82, 2.24) is 14.7 Å². The molecule has 2 amide bonds. The van der Waals surface area contributed by atoms with Crippen LogP contribution in [0.25, 0.3) is 0 Å². The number of hydrogen-bond donors (Lipinski definition) is 1. The molecule has 6 heteroatoms. The zero-order valence-corrected chi connectivity index (χ0v) is 11.3. The first kappa shape index (κ1) is 14.8. The number of nitrogens with zero attached hydrogens (tertiary/aromatic N) is 3. The van der Waals surface area contributed by atoms with Crippen molar-refractivity contribution in [3.05, 3.63) is 0 Å². The molecule has 1 saturated heterocycles. The van der Waals surface area contributed by atoms with Gasteiger partial charge in [0.05, 0.1) is 6.42 Å². The molecule has 1 heterocycles. The van der Waals surface area contributed by atoms with Gasteiger partial charge in [0.15, 0.2) is 0 Å². The molecule has 1 aliphatic heterocycles. The fourth-order valence-electron chi connectivity index (χ4n) is 2.04. The van der Waals surface area contributed by atoms with Crippen molar-refractivity contribution in [1.29, 1.82) is 0 Å². The summed E-state index contributed by atoms with van der Waals surface area (Å²) in [5.41, 5.74) is 0. The number of urea groups is 1. The van der Waals surface area contributed by atoms with Crippen molar-refractivity contribution >= 4 is 12.0 Å². The first-order valence-corrected chi connectivity index (χ1v) is 6.41. The van der Waals surface area contributed by atoms with Crippen LogP contribution in [0, 0.1) is 0 Å². The van der Waals surface area contributed by atoms with Crippen LogP contribution in [0.3, 0.4) is 0 Å². The van der Waals surface area contributed by atoms with Crippen molar-refractivity contribution < 1.29 is 14.7 Å². The van der Waals surface area contributed by atoms with Crippen molar-refractivity contribution in [2.45, 2.75) is 19.3 Å². The summed E-state index contributed by atoms with van der Waals surface area (Å²) >= 11 is 0. The summed E-state index contributed by atoms with van der Waals surface area (Å²) in [6.07, 6.45) is 2.48. The van der Waals surface area contributed by atoms with E-state index >= 15 is 0 Å². The Labute approximate surface area is 108 Å². The number of hydrogen-bond acceptors (Lipinski definition) is 3. The highest BCUT2D eigenvalue weighted by Crippen LogP contribution is 2.06.